The van der Waals surface area contributed by atoms with Gasteiger partial charge in [-0.05, 0) is 23.6 Å². The lowest BCUT2D eigenvalue weighted by Gasteiger charge is -2.24. The Hall–Kier alpha value is -1.68. The molecule has 0 spiro atoms. The topological polar surface area (TPSA) is 38.1 Å². The average molecular weight is 246 g/mol. The van der Waals surface area contributed by atoms with Gasteiger partial charge in [0.25, 0.3) is 0 Å². The van der Waals surface area contributed by atoms with Crippen molar-refractivity contribution in [1.82, 2.24) is 9.55 Å². The maximum atomic E-state index is 13.4. The molecule has 94 valence electrons. The van der Waals surface area contributed by atoms with E-state index in [4.69, 9.17) is 0 Å². The van der Waals surface area contributed by atoms with E-state index in [-0.39, 0.29) is 17.8 Å². The lowest BCUT2D eigenvalue weighted by Crippen LogP contribution is -2.27. The van der Waals surface area contributed by atoms with Crippen molar-refractivity contribution < 1.29 is 9.50 Å². The zero-order valence-corrected chi connectivity index (χ0v) is 10.3. The highest BCUT2D eigenvalue weighted by Gasteiger charge is 2.34. The molecule has 1 aliphatic heterocycles. The van der Waals surface area contributed by atoms with Crippen LogP contribution in [0, 0.1) is 11.7 Å². The fourth-order valence-electron chi connectivity index (χ4n) is 2.61. The van der Waals surface area contributed by atoms with Crippen molar-refractivity contribution in [3.05, 3.63) is 42.1 Å². The van der Waals surface area contributed by atoms with E-state index in [1.54, 1.807) is 18.6 Å². The van der Waals surface area contributed by atoms with Crippen LogP contribution in [0.5, 0.6) is 0 Å². The highest BCUT2D eigenvalue weighted by atomic mass is 19.1. The van der Waals surface area contributed by atoms with Crippen LogP contribution < -0.4 is 0 Å². The largest absolute Gasteiger partial charge is 0.390 e. The molecule has 2 heterocycles. The summed E-state index contributed by atoms with van der Waals surface area (Å²) in [5.74, 6) is -0.137. The molecule has 0 bridgehead atoms. The molecule has 3 rings (SSSR count). The molecule has 0 saturated carbocycles. The molecular formula is C14H15FN2O. The van der Waals surface area contributed by atoms with Crippen molar-refractivity contribution in [3.8, 4) is 11.3 Å². The molecule has 4 heteroatoms. The van der Waals surface area contributed by atoms with Gasteiger partial charge in [-0.25, -0.2) is 9.37 Å². The van der Waals surface area contributed by atoms with Crippen molar-refractivity contribution in [2.75, 3.05) is 0 Å². The Balaban J connectivity index is 2.19. The molecule has 1 unspecified atom stereocenters. The summed E-state index contributed by atoms with van der Waals surface area (Å²) in [4.78, 5) is 4.09. The van der Waals surface area contributed by atoms with Crippen molar-refractivity contribution in [2.24, 2.45) is 5.92 Å². The molecule has 1 aliphatic rings. The van der Waals surface area contributed by atoms with E-state index in [2.05, 4.69) is 4.98 Å². The second-order valence-corrected chi connectivity index (χ2v) is 5.10. The van der Waals surface area contributed by atoms with Crippen LogP contribution in [0.4, 0.5) is 4.39 Å². The predicted octanol–water partition coefficient (Wildman–Crippen LogP) is 2.61. The number of aliphatic hydroxyl groups is 1. The van der Waals surface area contributed by atoms with Crippen LogP contribution in [0.3, 0.4) is 0 Å². The summed E-state index contributed by atoms with van der Waals surface area (Å²) in [7, 11) is 0. The summed E-state index contributed by atoms with van der Waals surface area (Å²) in [5.41, 5.74) is 2.67. The van der Waals surface area contributed by atoms with Gasteiger partial charge >= 0.3 is 0 Å². The summed E-state index contributed by atoms with van der Waals surface area (Å²) in [6.45, 7) is 3.95. The van der Waals surface area contributed by atoms with Gasteiger partial charge in [-0.3, -0.25) is 0 Å². The molecule has 1 aromatic carbocycles. The second kappa shape index (κ2) is 3.92. The van der Waals surface area contributed by atoms with E-state index >= 15 is 0 Å². The molecule has 1 aromatic heterocycles. The van der Waals surface area contributed by atoms with Gasteiger partial charge in [-0.2, -0.15) is 0 Å². The first kappa shape index (κ1) is 11.4. The van der Waals surface area contributed by atoms with E-state index in [9.17, 15) is 9.50 Å². The van der Waals surface area contributed by atoms with Crippen LogP contribution >= 0.6 is 0 Å². The third-order valence-electron chi connectivity index (χ3n) is 3.58. The summed E-state index contributed by atoms with van der Waals surface area (Å²) in [5, 5.41) is 10.4. The lowest BCUT2D eigenvalue weighted by atomic mass is 9.93. The molecule has 0 radical (unpaired) electrons. The first-order valence-corrected chi connectivity index (χ1v) is 6.09. The Bertz CT molecular complexity index is 591. The van der Waals surface area contributed by atoms with Gasteiger partial charge in [0.1, 0.15) is 5.82 Å². The second-order valence-electron chi connectivity index (χ2n) is 5.10. The standard InChI is InChI=1S/C14H15FN2O/c1-8(2)14(18)13-10-4-3-9(15)5-11(10)12-6-16-7-17(12)13/h3-8,13-14,18H,1-2H3/t13?,14-/m0/s1. The van der Waals surface area contributed by atoms with Crippen molar-refractivity contribution in [2.45, 2.75) is 26.0 Å². The van der Waals surface area contributed by atoms with Crippen LogP contribution in [-0.4, -0.2) is 20.8 Å². The Kier molecular flexibility index (Phi) is 2.48. The van der Waals surface area contributed by atoms with Gasteiger partial charge < -0.3 is 9.67 Å². The third kappa shape index (κ3) is 1.49. The van der Waals surface area contributed by atoms with E-state index < -0.39 is 6.10 Å². The van der Waals surface area contributed by atoms with Gasteiger partial charge in [0.05, 0.1) is 30.4 Å². The van der Waals surface area contributed by atoms with E-state index in [0.717, 1.165) is 16.8 Å². The van der Waals surface area contributed by atoms with Gasteiger partial charge in [-0.1, -0.05) is 19.9 Å². The van der Waals surface area contributed by atoms with E-state index in [1.165, 1.54) is 12.1 Å². The van der Waals surface area contributed by atoms with E-state index in [1.807, 2.05) is 18.4 Å². The predicted molar refractivity (Wildman–Crippen MR) is 66.6 cm³/mol. The minimum atomic E-state index is -0.510. The molecule has 0 fully saturated rings. The molecule has 0 amide bonds. The number of nitrogens with zero attached hydrogens (tertiary/aromatic N) is 2. The number of benzene rings is 1. The summed E-state index contributed by atoms with van der Waals surface area (Å²) >= 11 is 0. The number of rotatable bonds is 2. The molecule has 0 aliphatic carbocycles. The fourth-order valence-corrected chi connectivity index (χ4v) is 2.61. The van der Waals surface area contributed by atoms with Gasteiger partial charge in [0, 0.05) is 5.56 Å². The van der Waals surface area contributed by atoms with Crippen molar-refractivity contribution in [3.63, 3.8) is 0 Å². The minimum absolute atomic E-state index is 0.126. The quantitative estimate of drug-likeness (QED) is 0.884. The highest BCUT2D eigenvalue weighted by Crippen LogP contribution is 2.42. The molecule has 18 heavy (non-hydrogen) atoms. The maximum Gasteiger partial charge on any atom is 0.123 e. The Morgan fingerprint density at radius 2 is 2.17 bits per heavy atom. The highest BCUT2D eigenvalue weighted by molar-refractivity contribution is 5.69. The third-order valence-corrected chi connectivity index (χ3v) is 3.58. The first-order chi connectivity index (χ1) is 8.59. The van der Waals surface area contributed by atoms with Crippen LogP contribution in [0.15, 0.2) is 30.7 Å². The SMILES string of the molecule is CC(C)[C@H](O)C1c2ccc(F)cc2-c2cncn21. The average Bonchev–Trinajstić information content (AvgIpc) is 2.88. The summed E-state index contributed by atoms with van der Waals surface area (Å²) in [6.07, 6.45) is 2.90. The van der Waals surface area contributed by atoms with Gasteiger partial charge in [0.2, 0.25) is 0 Å². The van der Waals surface area contributed by atoms with Crippen LogP contribution in [-0.2, 0) is 0 Å². The zero-order valence-electron chi connectivity index (χ0n) is 10.3. The Morgan fingerprint density at radius 3 is 2.89 bits per heavy atom. The zero-order chi connectivity index (χ0) is 12.9. The fraction of sp³-hybridized carbons (Fsp3) is 0.357. The molecule has 3 nitrogen and oxygen atoms in total. The number of hydrogen-bond donors (Lipinski definition) is 1. The smallest absolute Gasteiger partial charge is 0.123 e. The van der Waals surface area contributed by atoms with Gasteiger partial charge in [0.15, 0.2) is 0 Å². The summed E-state index contributed by atoms with van der Waals surface area (Å²) < 4.78 is 15.3. The van der Waals surface area contributed by atoms with Crippen LogP contribution in [0.25, 0.3) is 11.3 Å². The normalized spacial score (nSPS) is 18.8. The van der Waals surface area contributed by atoms with Crippen LogP contribution in [0.1, 0.15) is 25.5 Å². The number of aromatic nitrogens is 2. The molecule has 2 atom stereocenters. The monoisotopic (exact) mass is 246 g/mol. The molecular weight excluding hydrogens is 231 g/mol. The number of halogens is 1. The maximum absolute atomic E-state index is 13.4. The lowest BCUT2D eigenvalue weighted by molar-refractivity contribution is 0.0879. The molecule has 2 aromatic rings. The Labute approximate surface area is 105 Å². The Morgan fingerprint density at radius 1 is 1.39 bits per heavy atom. The summed E-state index contributed by atoms with van der Waals surface area (Å²) in [6, 6.07) is 4.54. The van der Waals surface area contributed by atoms with Crippen LogP contribution in [0.2, 0.25) is 0 Å². The van der Waals surface area contributed by atoms with Crippen molar-refractivity contribution >= 4 is 0 Å². The van der Waals surface area contributed by atoms with Gasteiger partial charge in [-0.15, -0.1) is 0 Å². The number of aliphatic hydroxyl groups excluding tert-OH is 1. The molecule has 0 saturated heterocycles. The van der Waals surface area contributed by atoms with Crippen molar-refractivity contribution in [1.29, 1.82) is 0 Å². The molecule has 1 N–H and O–H groups in total. The van der Waals surface area contributed by atoms with E-state index in [0.29, 0.717) is 0 Å². The minimum Gasteiger partial charge on any atom is -0.390 e. The first-order valence-electron chi connectivity index (χ1n) is 6.09. The number of fused-ring (bicyclic) bond motifs is 3. The number of hydrogen-bond acceptors (Lipinski definition) is 2. The number of imidazole rings is 1.